The zero-order valence-electron chi connectivity index (χ0n) is 14.9. The molecular weight excluding hydrogens is 412 g/mol. The summed E-state index contributed by atoms with van der Waals surface area (Å²) in [5.41, 5.74) is 0.487. The number of likely N-dealkylation sites (tertiary alicyclic amines) is 1. The smallest absolute Gasteiger partial charge is 0.227 e. The molecule has 0 bridgehead atoms. The zero-order valence-corrected chi connectivity index (χ0v) is 17.3. The topological polar surface area (TPSA) is 61.4 Å². The minimum Gasteiger partial charge on any atom is -0.343 e. The second-order valence-electron chi connectivity index (χ2n) is 6.70. The normalized spacial score (nSPS) is 20.7. The summed E-state index contributed by atoms with van der Waals surface area (Å²) in [7, 11) is 0. The second kappa shape index (κ2) is 10.5. The lowest BCUT2D eigenvalue weighted by Crippen LogP contribution is -2.45. The summed E-state index contributed by atoms with van der Waals surface area (Å²) >= 11 is 7.62. The first-order chi connectivity index (χ1) is 12.5. The van der Waals surface area contributed by atoms with Gasteiger partial charge in [-0.3, -0.25) is 9.59 Å². The highest BCUT2D eigenvalue weighted by Gasteiger charge is 2.28. The van der Waals surface area contributed by atoms with Crippen LogP contribution in [0.5, 0.6) is 0 Å². The molecule has 2 saturated heterocycles. The Labute approximate surface area is 174 Å². The summed E-state index contributed by atoms with van der Waals surface area (Å²) in [5, 5.41) is 6.15. The number of hydrogen-bond donors (Lipinski definition) is 2. The number of benzene rings is 1. The van der Waals surface area contributed by atoms with E-state index in [2.05, 4.69) is 10.6 Å². The third kappa shape index (κ3) is 6.24. The van der Waals surface area contributed by atoms with Crippen LogP contribution in [-0.2, 0) is 9.59 Å². The molecule has 1 unspecified atom stereocenters. The van der Waals surface area contributed by atoms with Crippen molar-refractivity contribution in [2.24, 2.45) is 5.92 Å². The van der Waals surface area contributed by atoms with Gasteiger partial charge in [0.25, 0.3) is 0 Å². The van der Waals surface area contributed by atoms with E-state index in [1.165, 1.54) is 18.2 Å². The summed E-state index contributed by atoms with van der Waals surface area (Å²) in [6.45, 7) is 2.15. The number of halogens is 3. The van der Waals surface area contributed by atoms with Gasteiger partial charge in [0.1, 0.15) is 5.82 Å². The van der Waals surface area contributed by atoms with Gasteiger partial charge in [-0.2, -0.15) is 11.8 Å². The van der Waals surface area contributed by atoms with Crippen molar-refractivity contribution in [2.45, 2.75) is 25.3 Å². The Hall–Kier alpha value is -1.02. The predicted octanol–water partition coefficient (Wildman–Crippen LogP) is 3.17. The molecular formula is C18H24Cl2FN3O2S. The largest absolute Gasteiger partial charge is 0.343 e. The number of nitrogens with one attached hydrogen (secondary N) is 2. The van der Waals surface area contributed by atoms with Crippen LogP contribution in [0.2, 0.25) is 5.02 Å². The Kier molecular flexibility index (Phi) is 8.66. The highest BCUT2D eigenvalue weighted by atomic mass is 35.5. The first kappa shape index (κ1) is 22.3. The molecule has 1 aromatic rings. The van der Waals surface area contributed by atoms with Gasteiger partial charge in [0.15, 0.2) is 0 Å². The predicted molar refractivity (Wildman–Crippen MR) is 110 cm³/mol. The number of piperidine rings is 1. The Morgan fingerprint density at radius 2 is 2.07 bits per heavy atom. The van der Waals surface area contributed by atoms with Crippen LogP contribution in [0.1, 0.15) is 19.3 Å². The van der Waals surface area contributed by atoms with Gasteiger partial charge < -0.3 is 15.5 Å². The first-order valence-electron chi connectivity index (χ1n) is 8.88. The van der Waals surface area contributed by atoms with Crippen molar-refractivity contribution < 1.29 is 14.0 Å². The van der Waals surface area contributed by atoms with Crippen LogP contribution >= 0.6 is 35.8 Å². The van der Waals surface area contributed by atoms with Gasteiger partial charge >= 0.3 is 0 Å². The molecule has 2 aliphatic rings. The Bertz CT molecular complexity index is 666. The van der Waals surface area contributed by atoms with Gasteiger partial charge in [-0.15, -0.1) is 12.4 Å². The minimum absolute atomic E-state index is 0. The number of amides is 2. The lowest BCUT2D eigenvalue weighted by atomic mass is 9.95. The van der Waals surface area contributed by atoms with Crippen molar-refractivity contribution in [3.63, 3.8) is 0 Å². The maximum absolute atomic E-state index is 13.2. The number of carbonyl (C=O) groups is 2. The van der Waals surface area contributed by atoms with E-state index in [9.17, 15) is 14.0 Å². The highest BCUT2D eigenvalue weighted by Crippen LogP contribution is 2.23. The average Bonchev–Trinajstić information content (AvgIpc) is 2.65. The molecule has 27 heavy (non-hydrogen) atoms. The van der Waals surface area contributed by atoms with Gasteiger partial charge in [0.2, 0.25) is 11.8 Å². The number of thioether (sulfide) groups is 1. The van der Waals surface area contributed by atoms with Crippen LogP contribution in [0.3, 0.4) is 0 Å². The van der Waals surface area contributed by atoms with E-state index in [1.54, 1.807) is 0 Å². The van der Waals surface area contributed by atoms with Crippen LogP contribution in [0.25, 0.3) is 0 Å². The molecule has 1 aromatic carbocycles. The number of anilines is 1. The molecule has 5 nitrogen and oxygen atoms in total. The third-order valence-corrected chi connectivity index (χ3v) is 6.25. The maximum atomic E-state index is 13.2. The minimum atomic E-state index is -0.512. The summed E-state index contributed by atoms with van der Waals surface area (Å²) < 4.78 is 13.2. The van der Waals surface area contributed by atoms with Crippen molar-refractivity contribution in [1.82, 2.24) is 10.2 Å². The molecule has 0 aromatic heterocycles. The number of hydrogen-bond acceptors (Lipinski definition) is 4. The van der Waals surface area contributed by atoms with Crippen molar-refractivity contribution in [2.75, 3.05) is 36.5 Å². The second-order valence-corrected chi connectivity index (χ2v) is 8.26. The van der Waals surface area contributed by atoms with E-state index >= 15 is 0 Å². The van der Waals surface area contributed by atoms with Crippen LogP contribution in [0.15, 0.2) is 18.2 Å². The standard InChI is InChI=1S/C18H23ClFN3O2S.ClH/c19-15-9-13(1-2-16(15)20)22-18(25)12-3-6-23(7-4-12)17(24)10-14-11-26-8-5-21-14;/h1-2,9,12,14,21H,3-8,10-11H2,(H,22,25);1H. The summed E-state index contributed by atoms with van der Waals surface area (Å²) in [4.78, 5) is 26.7. The Morgan fingerprint density at radius 1 is 1.33 bits per heavy atom. The number of nitrogens with zero attached hydrogens (tertiary/aromatic N) is 1. The van der Waals surface area contributed by atoms with E-state index < -0.39 is 5.82 Å². The highest BCUT2D eigenvalue weighted by molar-refractivity contribution is 7.99. The monoisotopic (exact) mass is 435 g/mol. The summed E-state index contributed by atoms with van der Waals surface area (Å²) in [5.74, 6) is 1.47. The van der Waals surface area contributed by atoms with E-state index in [0.29, 0.717) is 38.0 Å². The molecule has 2 N–H and O–H groups in total. The molecule has 0 spiro atoms. The lowest BCUT2D eigenvalue weighted by molar-refractivity contribution is -0.134. The van der Waals surface area contributed by atoms with Crippen LogP contribution in [0, 0.1) is 11.7 Å². The SMILES string of the molecule is Cl.O=C(Nc1ccc(F)c(Cl)c1)C1CCN(C(=O)CC2CSCCN2)CC1. The molecule has 0 aliphatic carbocycles. The molecule has 0 saturated carbocycles. The van der Waals surface area contributed by atoms with E-state index in [1.807, 2.05) is 16.7 Å². The van der Waals surface area contributed by atoms with E-state index in [0.717, 1.165) is 18.1 Å². The first-order valence-corrected chi connectivity index (χ1v) is 10.4. The van der Waals surface area contributed by atoms with Crippen LogP contribution in [-0.4, -0.2) is 53.9 Å². The number of carbonyl (C=O) groups excluding carboxylic acids is 2. The molecule has 2 amide bonds. The molecule has 9 heteroatoms. The van der Waals surface area contributed by atoms with Crippen molar-refractivity contribution >= 4 is 53.3 Å². The molecule has 3 rings (SSSR count). The van der Waals surface area contributed by atoms with Crippen LogP contribution in [0.4, 0.5) is 10.1 Å². The van der Waals surface area contributed by atoms with Gasteiger partial charge in [0, 0.05) is 55.2 Å². The van der Waals surface area contributed by atoms with Crippen molar-refractivity contribution in [1.29, 1.82) is 0 Å². The van der Waals surface area contributed by atoms with Gasteiger partial charge in [-0.05, 0) is 31.0 Å². The molecule has 150 valence electrons. The summed E-state index contributed by atoms with van der Waals surface area (Å²) in [6.07, 6.45) is 1.80. The lowest BCUT2D eigenvalue weighted by Gasteiger charge is -2.33. The average molecular weight is 436 g/mol. The zero-order chi connectivity index (χ0) is 18.5. The molecule has 0 radical (unpaired) electrons. The fraction of sp³-hybridized carbons (Fsp3) is 0.556. The third-order valence-electron chi connectivity index (χ3n) is 4.83. The number of rotatable bonds is 4. The fourth-order valence-corrected chi connectivity index (χ4v) is 4.43. The van der Waals surface area contributed by atoms with Crippen molar-refractivity contribution in [3.05, 3.63) is 29.0 Å². The maximum Gasteiger partial charge on any atom is 0.227 e. The van der Waals surface area contributed by atoms with Gasteiger partial charge in [0.05, 0.1) is 5.02 Å². The van der Waals surface area contributed by atoms with E-state index in [4.69, 9.17) is 11.6 Å². The summed E-state index contributed by atoms with van der Waals surface area (Å²) in [6, 6.07) is 4.39. The quantitative estimate of drug-likeness (QED) is 0.762. The molecule has 2 heterocycles. The van der Waals surface area contributed by atoms with E-state index in [-0.39, 0.29) is 41.2 Å². The molecule has 2 aliphatic heterocycles. The Balaban J connectivity index is 0.00000261. The molecule has 1 atom stereocenters. The van der Waals surface area contributed by atoms with Gasteiger partial charge in [-0.25, -0.2) is 4.39 Å². The van der Waals surface area contributed by atoms with Gasteiger partial charge in [-0.1, -0.05) is 11.6 Å². The Morgan fingerprint density at radius 3 is 2.70 bits per heavy atom. The van der Waals surface area contributed by atoms with Crippen LogP contribution < -0.4 is 10.6 Å². The fourth-order valence-electron chi connectivity index (χ4n) is 3.30. The van der Waals surface area contributed by atoms with Crippen molar-refractivity contribution in [3.8, 4) is 0 Å². The molecule has 2 fully saturated rings.